The van der Waals surface area contributed by atoms with Crippen LogP contribution in [0.1, 0.15) is 24.7 Å². The van der Waals surface area contributed by atoms with Gasteiger partial charge in [0.15, 0.2) is 9.66 Å². The van der Waals surface area contributed by atoms with Gasteiger partial charge < -0.3 is 0 Å². The average Bonchev–Trinajstić information content (AvgIpc) is 2.53. The first-order valence-corrected chi connectivity index (χ1v) is 6.33. The molecule has 0 radical (unpaired) electrons. The molecule has 0 spiro atoms. The Bertz CT molecular complexity index is 624. The third-order valence-corrected chi connectivity index (χ3v) is 4.35. The average molecular weight is 236 g/mol. The summed E-state index contributed by atoms with van der Waals surface area (Å²) < 4.78 is 0.0769. The highest BCUT2D eigenvalue weighted by molar-refractivity contribution is 7.35. The molecule has 15 heavy (non-hydrogen) atoms. The summed E-state index contributed by atoms with van der Waals surface area (Å²) in [5.74, 6) is 0. The molecule has 0 fully saturated rings. The summed E-state index contributed by atoms with van der Waals surface area (Å²) in [7, 11) is 0. The van der Waals surface area contributed by atoms with E-state index in [4.69, 9.17) is 0 Å². The SMILES string of the molecule is CC1=Cc2nc3sc(=O)sc3nc2CC1. The van der Waals surface area contributed by atoms with Gasteiger partial charge in [-0.25, -0.2) is 9.97 Å². The lowest BCUT2D eigenvalue weighted by atomic mass is 10.0. The molecule has 0 aliphatic heterocycles. The van der Waals surface area contributed by atoms with Gasteiger partial charge in [0.25, 0.3) is 4.06 Å². The Morgan fingerprint density at radius 1 is 1.20 bits per heavy atom. The molecule has 76 valence electrons. The van der Waals surface area contributed by atoms with E-state index in [-0.39, 0.29) is 4.06 Å². The van der Waals surface area contributed by atoms with Crippen LogP contribution in [0.4, 0.5) is 0 Å². The maximum absolute atomic E-state index is 11.2. The molecule has 1 aliphatic carbocycles. The summed E-state index contributed by atoms with van der Waals surface area (Å²) >= 11 is 2.38. The van der Waals surface area contributed by atoms with Crippen molar-refractivity contribution in [2.75, 3.05) is 0 Å². The van der Waals surface area contributed by atoms with Gasteiger partial charge in [-0.3, -0.25) is 4.79 Å². The van der Waals surface area contributed by atoms with Crippen molar-refractivity contribution in [3.63, 3.8) is 0 Å². The largest absolute Gasteiger partial charge is 0.291 e. The number of aryl methyl sites for hydroxylation is 1. The summed E-state index contributed by atoms with van der Waals surface area (Å²) in [5, 5.41) is 0. The predicted molar refractivity (Wildman–Crippen MR) is 63.5 cm³/mol. The smallest absolute Gasteiger partial charge is 0.265 e. The Balaban J connectivity index is 2.33. The van der Waals surface area contributed by atoms with E-state index in [9.17, 15) is 4.79 Å². The Hall–Kier alpha value is -1.07. The number of nitrogens with zero attached hydrogens (tertiary/aromatic N) is 2. The van der Waals surface area contributed by atoms with E-state index in [1.807, 2.05) is 0 Å². The third kappa shape index (κ3) is 1.52. The van der Waals surface area contributed by atoms with Crippen LogP contribution in [0.15, 0.2) is 10.4 Å². The maximum atomic E-state index is 11.2. The lowest BCUT2D eigenvalue weighted by Crippen LogP contribution is -2.02. The van der Waals surface area contributed by atoms with Gasteiger partial charge in [0.05, 0.1) is 11.4 Å². The van der Waals surface area contributed by atoms with E-state index in [0.29, 0.717) is 0 Å². The second kappa shape index (κ2) is 3.21. The Labute approximate surface area is 94.1 Å². The third-order valence-electron chi connectivity index (χ3n) is 2.44. The summed E-state index contributed by atoms with van der Waals surface area (Å²) in [4.78, 5) is 21.7. The topological polar surface area (TPSA) is 42.9 Å². The molecule has 0 unspecified atom stereocenters. The molecule has 0 atom stereocenters. The number of hydrogen-bond acceptors (Lipinski definition) is 5. The van der Waals surface area contributed by atoms with Crippen molar-refractivity contribution in [3.05, 3.63) is 25.8 Å². The van der Waals surface area contributed by atoms with Crippen molar-refractivity contribution in [2.24, 2.45) is 0 Å². The van der Waals surface area contributed by atoms with E-state index >= 15 is 0 Å². The molecule has 2 heterocycles. The first kappa shape index (κ1) is 9.18. The molecule has 2 aromatic rings. The van der Waals surface area contributed by atoms with Crippen molar-refractivity contribution in [1.82, 2.24) is 9.97 Å². The normalized spacial score (nSPS) is 15.1. The first-order chi connectivity index (χ1) is 7.22. The van der Waals surface area contributed by atoms with Crippen molar-refractivity contribution < 1.29 is 0 Å². The van der Waals surface area contributed by atoms with E-state index < -0.39 is 0 Å². The molecular weight excluding hydrogens is 228 g/mol. The zero-order chi connectivity index (χ0) is 10.4. The first-order valence-electron chi connectivity index (χ1n) is 4.70. The number of hydrogen-bond donors (Lipinski definition) is 0. The fourth-order valence-electron chi connectivity index (χ4n) is 1.68. The van der Waals surface area contributed by atoms with Crippen LogP contribution in [0.2, 0.25) is 0 Å². The lowest BCUT2D eigenvalue weighted by Gasteiger charge is -2.11. The Morgan fingerprint density at radius 3 is 2.73 bits per heavy atom. The van der Waals surface area contributed by atoms with Gasteiger partial charge in [-0.1, -0.05) is 28.2 Å². The van der Waals surface area contributed by atoms with Gasteiger partial charge >= 0.3 is 0 Å². The van der Waals surface area contributed by atoms with Gasteiger partial charge in [0.1, 0.15) is 0 Å². The molecule has 2 aromatic heterocycles. The second-order valence-corrected chi connectivity index (χ2v) is 5.79. The number of rotatable bonds is 0. The van der Waals surface area contributed by atoms with Crippen LogP contribution in [0.25, 0.3) is 15.7 Å². The van der Waals surface area contributed by atoms with Crippen LogP contribution in [0, 0.1) is 0 Å². The molecule has 0 saturated carbocycles. The van der Waals surface area contributed by atoms with Crippen LogP contribution in [0.5, 0.6) is 0 Å². The van der Waals surface area contributed by atoms with Crippen molar-refractivity contribution in [2.45, 2.75) is 19.8 Å². The zero-order valence-electron chi connectivity index (χ0n) is 8.11. The fourth-order valence-corrected chi connectivity index (χ4v) is 3.45. The van der Waals surface area contributed by atoms with Gasteiger partial charge in [0.2, 0.25) is 0 Å². The summed E-state index contributed by atoms with van der Waals surface area (Å²) in [6.07, 6.45) is 4.06. The lowest BCUT2D eigenvalue weighted by molar-refractivity contribution is 0.880. The maximum Gasteiger partial charge on any atom is 0.291 e. The summed E-state index contributed by atoms with van der Waals surface area (Å²) in [6.45, 7) is 2.10. The van der Waals surface area contributed by atoms with Crippen LogP contribution >= 0.6 is 22.7 Å². The fraction of sp³-hybridized carbons (Fsp3) is 0.300. The van der Waals surface area contributed by atoms with E-state index in [0.717, 1.165) is 33.9 Å². The van der Waals surface area contributed by atoms with Gasteiger partial charge in [-0.05, 0) is 25.8 Å². The Morgan fingerprint density at radius 2 is 1.93 bits per heavy atom. The molecule has 0 amide bonds. The molecule has 5 heteroatoms. The summed E-state index contributed by atoms with van der Waals surface area (Å²) in [6, 6.07) is 0. The molecule has 0 saturated heterocycles. The monoisotopic (exact) mass is 236 g/mol. The predicted octanol–water partition coefficient (Wildman–Crippen LogP) is 2.46. The van der Waals surface area contributed by atoms with Crippen molar-refractivity contribution >= 4 is 38.4 Å². The van der Waals surface area contributed by atoms with Crippen molar-refractivity contribution in [3.8, 4) is 0 Å². The molecular formula is C10H8N2OS2. The minimum atomic E-state index is 0.0769. The highest BCUT2D eigenvalue weighted by Crippen LogP contribution is 2.25. The van der Waals surface area contributed by atoms with E-state index in [1.54, 1.807) is 0 Å². The van der Waals surface area contributed by atoms with Crippen LogP contribution in [0.3, 0.4) is 0 Å². The van der Waals surface area contributed by atoms with Crippen LogP contribution in [-0.4, -0.2) is 9.97 Å². The van der Waals surface area contributed by atoms with Crippen LogP contribution in [-0.2, 0) is 6.42 Å². The number of fused-ring (bicyclic) bond motifs is 2. The Kier molecular flexibility index (Phi) is 1.97. The van der Waals surface area contributed by atoms with E-state index in [1.165, 1.54) is 28.2 Å². The molecule has 0 aromatic carbocycles. The number of aromatic nitrogens is 2. The minimum absolute atomic E-state index is 0.0769. The molecule has 1 aliphatic rings. The van der Waals surface area contributed by atoms with Gasteiger partial charge in [-0.2, -0.15) is 0 Å². The quantitative estimate of drug-likeness (QED) is 0.705. The van der Waals surface area contributed by atoms with E-state index in [2.05, 4.69) is 23.0 Å². The molecule has 0 N–H and O–H groups in total. The van der Waals surface area contributed by atoms with Crippen molar-refractivity contribution in [1.29, 1.82) is 0 Å². The highest BCUT2D eigenvalue weighted by atomic mass is 32.2. The zero-order valence-corrected chi connectivity index (χ0v) is 9.74. The summed E-state index contributed by atoms with van der Waals surface area (Å²) in [5.41, 5.74) is 3.31. The molecule has 0 bridgehead atoms. The molecule has 3 rings (SSSR count). The van der Waals surface area contributed by atoms with Crippen LogP contribution < -0.4 is 4.06 Å². The standard InChI is InChI=1S/C10H8N2OS2/c1-5-2-3-6-7(4-5)12-9-8(11-6)14-10(13)15-9/h4H,2-3H2,1H3. The van der Waals surface area contributed by atoms with Gasteiger partial charge in [0, 0.05) is 0 Å². The van der Waals surface area contributed by atoms with Gasteiger partial charge in [-0.15, -0.1) is 0 Å². The highest BCUT2D eigenvalue weighted by Gasteiger charge is 2.13. The number of allylic oxidation sites excluding steroid dienone is 1. The minimum Gasteiger partial charge on any atom is -0.265 e. The second-order valence-electron chi connectivity index (χ2n) is 3.61. The molecule has 3 nitrogen and oxygen atoms in total.